The van der Waals surface area contributed by atoms with Crippen molar-refractivity contribution in [1.29, 1.82) is 0 Å². The summed E-state index contributed by atoms with van der Waals surface area (Å²) in [5.41, 5.74) is 2.05. The number of thioether (sulfide) groups is 1. The van der Waals surface area contributed by atoms with E-state index >= 15 is 0 Å². The standard InChI is InChI=1S/C16H18N2O4S/c1-9-12(3-2-4-18-9)10-5-11(7-17-6-10)22-16-15(21)14(20)13(19)8-23-16/h2-7,13-16,19-21H,8H2,1H3/t13-,14+,15-,16-/m1/s1. The highest BCUT2D eigenvalue weighted by atomic mass is 32.2. The summed E-state index contributed by atoms with van der Waals surface area (Å²) >= 11 is 1.26. The molecule has 0 aliphatic carbocycles. The number of nitrogens with zero attached hydrogens (tertiary/aromatic N) is 2. The maximum atomic E-state index is 10.0. The van der Waals surface area contributed by atoms with Gasteiger partial charge in [0.05, 0.1) is 12.3 Å². The molecule has 3 N–H and O–H groups in total. The second-order valence-corrected chi connectivity index (χ2v) is 6.55. The van der Waals surface area contributed by atoms with Crippen LogP contribution in [0.2, 0.25) is 0 Å². The first-order valence-corrected chi connectivity index (χ1v) is 8.30. The van der Waals surface area contributed by atoms with E-state index in [0.717, 1.165) is 16.8 Å². The van der Waals surface area contributed by atoms with Gasteiger partial charge in [-0.2, -0.15) is 0 Å². The summed E-state index contributed by atoms with van der Waals surface area (Å²) in [6, 6.07) is 5.63. The van der Waals surface area contributed by atoms with Crippen molar-refractivity contribution in [3.8, 4) is 16.9 Å². The highest BCUT2D eigenvalue weighted by molar-refractivity contribution is 7.99. The number of ether oxygens (including phenoxy) is 1. The number of aromatic nitrogens is 2. The van der Waals surface area contributed by atoms with Gasteiger partial charge in [-0.05, 0) is 19.1 Å². The first-order chi connectivity index (χ1) is 11.1. The Bertz CT molecular complexity index is 685. The summed E-state index contributed by atoms with van der Waals surface area (Å²) in [7, 11) is 0. The second-order valence-electron chi connectivity index (χ2n) is 5.41. The number of aliphatic hydroxyl groups excluding tert-OH is 3. The Kier molecular flexibility index (Phi) is 4.82. The van der Waals surface area contributed by atoms with Gasteiger partial charge in [0, 0.05) is 35.0 Å². The second kappa shape index (κ2) is 6.84. The summed E-state index contributed by atoms with van der Waals surface area (Å²) < 4.78 is 5.75. The molecule has 2 aromatic heterocycles. The summed E-state index contributed by atoms with van der Waals surface area (Å²) in [5, 5.41) is 29.3. The van der Waals surface area contributed by atoms with Crippen LogP contribution in [0.15, 0.2) is 36.8 Å². The Labute approximate surface area is 138 Å². The lowest BCUT2D eigenvalue weighted by molar-refractivity contribution is -0.0786. The van der Waals surface area contributed by atoms with E-state index in [1.54, 1.807) is 18.6 Å². The third kappa shape index (κ3) is 3.48. The van der Waals surface area contributed by atoms with Crippen LogP contribution in [0, 0.1) is 6.92 Å². The fraction of sp³-hybridized carbons (Fsp3) is 0.375. The predicted molar refractivity (Wildman–Crippen MR) is 87.1 cm³/mol. The van der Waals surface area contributed by atoms with Crippen molar-refractivity contribution in [3.63, 3.8) is 0 Å². The lowest BCUT2D eigenvalue weighted by Crippen LogP contribution is -2.50. The maximum Gasteiger partial charge on any atom is 0.173 e. The topological polar surface area (TPSA) is 95.7 Å². The molecule has 0 radical (unpaired) electrons. The average molecular weight is 334 g/mol. The van der Waals surface area contributed by atoms with Crippen LogP contribution in [-0.4, -0.2) is 54.8 Å². The van der Waals surface area contributed by atoms with Crippen LogP contribution in [0.4, 0.5) is 0 Å². The number of aliphatic hydroxyl groups is 3. The molecule has 0 unspecified atom stereocenters. The third-order valence-electron chi connectivity index (χ3n) is 3.74. The van der Waals surface area contributed by atoms with E-state index in [2.05, 4.69) is 9.97 Å². The molecular weight excluding hydrogens is 316 g/mol. The van der Waals surface area contributed by atoms with Crippen molar-refractivity contribution < 1.29 is 20.1 Å². The van der Waals surface area contributed by atoms with Crippen LogP contribution in [-0.2, 0) is 0 Å². The van der Waals surface area contributed by atoms with Crippen molar-refractivity contribution in [2.45, 2.75) is 30.7 Å². The molecule has 3 heterocycles. The maximum absolute atomic E-state index is 10.0. The van der Waals surface area contributed by atoms with Gasteiger partial charge in [0.1, 0.15) is 18.0 Å². The Morgan fingerprint density at radius 1 is 1.22 bits per heavy atom. The van der Waals surface area contributed by atoms with Gasteiger partial charge >= 0.3 is 0 Å². The van der Waals surface area contributed by atoms with Crippen LogP contribution in [0.3, 0.4) is 0 Å². The smallest absolute Gasteiger partial charge is 0.173 e. The summed E-state index contributed by atoms with van der Waals surface area (Å²) in [6.45, 7) is 1.92. The minimum Gasteiger partial charge on any atom is -0.475 e. The van der Waals surface area contributed by atoms with E-state index in [9.17, 15) is 15.3 Å². The normalized spacial score (nSPS) is 27.7. The van der Waals surface area contributed by atoms with Crippen molar-refractivity contribution >= 4 is 11.8 Å². The zero-order valence-electron chi connectivity index (χ0n) is 12.5. The van der Waals surface area contributed by atoms with Crippen LogP contribution in [0.25, 0.3) is 11.1 Å². The summed E-state index contributed by atoms with van der Waals surface area (Å²) in [4.78, 5) is 8.43. The molecule has 0 aromatic carbocycles. The molecule has 4 atom stereocenters. The fourth-order valence-electron chi connectivity index (χ4n) is 2.44. The molecule has 1 saturated heterocycles. The predicted octanol–water partition coefficient (Wildman–Crippen LogP) is 0.986. The van der Waals surface area contributed by atoms with E-state index in [1.165, 1.54) is 11.8 Å². The van der Waals surface area contributed by atoms with Crippen molar-refractivity contribution in [2.75, 3.05) is 5.75 Å². The molecule has 122 valence electrons. The number of rotatable bonds is 3. The molecule has 0 spiro atoms. The van der Waals surface area contributed by atoms with Gasteiger partial charge in [0.15, 0.2) is 5.44 Å². The first kappa shape index (κ1) is 16.2. The minimum atomic E-state index is -1.21. The molecule has 23 heavy (non-hydrogen) atoms. The molecule has 0 amide bonds. The van der Waals surface area contributed by atoms with Crippen molar-refractivity contribution in [1.82, 2.24) is 9.97 Å². The third-order valence-corrected chi connectivity index (χ3v) is 4.98. The van der Waals surface area contributed by atoms with Crippen LogP contribution in [0.1, 0.15) is 5.69 Å². The van der Waals surface area contributed by atoms with E-state index in [-0.39, 0.29) is 0 Å². The molecule has 7 heteroatoms. The van der Waals surface area contributed by atoms with Crippen molar-refractivity contribution in [2.24, 2.45) is 0 Å². The number of aryl methyl sites for hydroxylation is 1. The lowest BCUT2D eigenvalue weighted by atomic mass is 10.1. The molecule has 0 bridgehead atoms. The van der Waals surface area contributed by atoms with Gasteiger partial charge in [-0.25, -0.2) is 0 Å². The Morgan fingerprint density at radius 2 is 2.04 bits per heavy atom. The number of hydrogen-bond acceptors (Lipinski definition) is 7. The zero-order valence-corrected chi connectivity index (χ0v) is 13.3. The summed E-state index contributed by atoms with van der Waals surface area (Å²) in [6.07, 6.45) is 1.69. The van der Waals surface area contributed by atoms with E-state index in [1.807, 2.05) is 25.1 Å². The van der Waals surface area contributed by atoms with E-state index in [0.29, 0.717) is 11.5 Å². The van der Waals surface area contributed by atoms with Crippen LogP contribution < -0.4 is 4.74 Å². The average Bonchev–Trinajstić information content (AvgIpc) is 2.56. The van der Waals surface area contributed by atoms with Crippen molar-refractivity contribution in [3.05, 3.63) is 42.5 Å². The van der Waals surface area contributed by atoms with Crippen LogP contribution in [0.5, 0.6) is 5.75 Å². The lowest BCUT2D eigenvalue weighted by Gasteiger charge is -2.34. The quantitative estimate of drug-likeness (QED) is 0.770. The van der Waals surface area contributed by atoms with Gasteiger partial charge in [-0.15, -0.1) is 11.8 Å². The number of hydrogen-bond donors (Lipinski definition) is 3. The molecule has 1 aliphatic rings. The van der Waals surface area contributed by atoms with Gasteiger partial charge in [-0.3, -0.25) is 9.97 Å². The Hall–Kier alpha value is -1.67. The van der Waals surface area contributed by atoms with Gasteiger partial charge in [0.25, 0.3) is 0 Å². The molecule has 6 nitrogen and oxygen atoms in total. The highest BCUT2D eigenvalue weighted by Crippen LogP contribution is 2.31. The van der Waals surface area contributed by atoms with Crippen LogP contribution >= 0.6 is 11.8 Å². The Morgan fingerprint density at radius 3 is 2.83 bits per heavy atom. The van der Waals surface area contributed by atoms with Gasteiger partial charge < -0.3 is 20.1 Å². The SMILES string of the molecule is Cc1ncccc1-c1cncc(O[C@@H]2SC[C@@H](O)[C@H](O)[C@H]2O)c1. The summed E-state index contributed by atoms with van der Waals surface area (Å²) in [5.74, 6) is 0.795. The molecule has 1 aliphatic heterocycles. The van der Waals surface area contributed by atoms with Gasteiger partial charge in [0.2, 0.25) is 0 Å². The first-order valence-electron chi connectivity index (χ1n) is 7.26. The van der Waals surface area contributed by atoms with E-state index in [4.69, 9.17) is 4.74 Å². The zero-order chi connectivity index (χ0) is 16.4. The molecule has 0 saturated carbocycles. The highest BCUT2D eigenvalue weighted by Gasteiger charge is 2.38. The molecular formula is C16H18N2O4S. The largest absolute Gasteiger partial charge is 0.475 e. The minimum absolute atomic E-state index is 0.303. The Balaban J connectivity index is 1.80. The molecule has 2 aromatic rings. The molecule has 3 rings (SSSR count). The van der Waals surface area contributed by atoms with E-state index < -0.39 is 23.7 Å². The van der Waals surface area contributed by atoms with Gasteiger partial charge in [-0.1, -0.05) is 6.07 Å². The monoisotopic (exact) mass is 334 g/mol. The molecule has 1 fully saturated rings. The number of pyridine rings is 2. The fourth-order valence-corrected chi connectivity index (χ4v) is 3.56.